The standard InChI is InChI=1S/C15H20ClN3O2/c1-10(2)15(21)19-7-4-12(5-8-19)18-14(20)11-3-6-17-13(16)9-11/h3,6,9-10,12H,4-5,7-8H2,1-2H3,(H,18,20). The Hall–Kier alpha value is -1.62. The van der Waals surface area contributed by atoms with E-state index in [1.165, 1.54) is 6.20 Å². The van der Waals surface area contributed by atoms with Gasteiger partial charge in [-0.15, -0.1) is 0 Å². The second-order valence-electron chi connectivity index (χ2n) is 5.59. The highest BCUT2D eigenvalue weighted by Gasteiger charge is 2.25. The molecule has 0 unspecified atom stereocenters. The van der Waals surface area contributed by atoms with Crippen LogP contribution >= 0.6 is 11.6 Å². The van der Waals surface area contributed by atoms with Gasteiger partial charge in [-0.25, -0.2) is 4.98 Å². The average Bonchev–Trinajstić information content (AvgIpc) is 2.47. The molecule has 1 aliphatic rings. The molecule has 0 atom stereocenters. The first-order chi connectivity index (χ1) is 9.97. The Morgan fingerprint density at radius 1 is 1.38 bits per heavy atom. The number of likely N-dealkylation sites (tertiary alicyclic amines) is 1. The number of nitrogens with zero attached hydrogens (tertiary/aromatic N) is 2. The van der Waals surface area contributed by atoms with Gasteiger partial charge in [0.1, 0.15) is 5.15 Å². The highest BCUT2D eigenvalue weighted by molar-refractivity contribution is 6.29. The van der Waals surface area contributed by atoms with Crippen molar-refractivity contribution in [1.29, 1.82) is 0 Å². The van der Waals surface area contributed by atoms with Gasteiger partial charge < -0.3 is 10.2 Å². The van der Waals surface area contributed by atoms with Crippen LogP contribution in [0.25, 0.3) is 0 Å². The summed E-state index contributed by atoms with van der Waals surface area (Å²) >= 11 is 5.78. The van der Waals surface area contributed by atoms with Crippen LogP contribution in [0.5, 0.6) is 0 Å². The zero-order chi connectivity index (χ0) is 15.4. The van der Waals surface area contributed by atoms with Gasteiger partial charge in [0.2, 0.25) is 5.91 Å². The largest absolute Gasteiger partial charge is 0.349 e. The minimum Gasteiger partial charge on any atom is -0.349 e. The van der Waals surface area contributed by atoms with Crippen LogP contribution in [0, 0.1) is 5.92 Å². The lowest BCUT2D eigenvalue weighted by molar-refractivity contribution is -0.135. The molecule has 1 aliphatic heterocycles. The van der Waals surface area contributed by atoms with Gasteiger partial charge in [-0.05, 0) is 25.0 Å². The number of aromatic nitrogens is 1. The highest BCUT2D eigenvalue weighted by Crippen LogP contribution is 2.14. The molecule has 5 nitrogen and oxygen atoms in total. The van der Waals surface area contributed by atoms with Crippen molar-refractivity contribution in [1.82, 2.24) is 15.2 Å². The average molecular weight is 310 g/mol. The van der Waals surface area contributed by atoms with E-state index in [1.54, 1.807) is 12.1 Å². The van der Waals surface area contributed by atoms with Gasteiger partial charge in [0.25, 0.3) is 5.91 Å². The second-order valence-corrected chi connectivity index (χ2v) is 5.98. The molecular formula is C15H20ClN3O2. The van der Waals surface area contributed by atoms with Crippen LogP contribution in [0.3, 0.4) is 0 Å². The Labute approximate surface area is 129 Å². The Morgan fingerprint density at radius 2 is 2.05 bits per heavy atom. The molecule has 1 aromatic heterocycles. The topological polar surface area (TPSA) is 62.3 Å². The van der Waals surface area contributed by atoms with E-state index in [0.717, 1.165) is 12.8 Å². The van der Waals surface area contributed by atoms with Gasteiger partial charge in [-0.1, -0.05) is 25.4 Å². The summed E-state index contributed by atoms with van der Waals surface area (Å²) < 4.78 is 0. The Balaban J connectivity index is 1.86. The SMILES string of the molecule is CC(C)C(=O)N1CCC(NC(=O)c2ccnc(Cl)c2)CC1. The first-order valence-corrected chi connectivity index (χ1v) is 7.56. The number of nitrogens with one attached hydrogen (secondary N) is 1. The van der Waals surface area contributed by atoms with E-state index >= 15 is 0 Å². The van der Waals surface area contributed by atoms with Crippen LogP contribution in [0.15, 0.2) is 18.3 Å². The van der Waals surface area contributed by atoms with Crippen molar-refractivity contribution in [3.8, 4) is 0 Å². The van der Waals surface area contributed by atoms with Crippen molar-refractivity contribution in [2.75, 3.05) is 13.1 Å². The van der Waals surface area contributed by atoms with Gasteiger partial charge in [0, 0.05) is 36.8 Å². The summed E-state index contributed by atoms with van der Waals surface area (Å²) in [6.07, 6.45) is 3.08. The summed E-state index contributed by atoms with van der Waals surface area (Å²) in [5.41, 5.74) is 0.510. The lowest BCUT2D eigenvalue weighted by Crippen LogP contribution is -2.47. The molecule has 1 N–H and O–H groups in total. The Bertz CT molecular complexity index is 525. The molecule has 0 spiro atoms. The van der Waals surface area contributed by atoms with Crippen LogP contribution < -0.4 is 5.32 Å². The molecule has 2 rings (SSSR count). The maximum atomic E-state index is 12.1. The van der Waals surface area contributed by atoms with Crippen LogP contribution in [-0.4, -0.2) is 40.8 Å². The van der Waals surface area contributed by atoms with Gasteiger partial charge in [-0.2, -0.15) is 0 Å². The molecule has 6 heteroatoms. The van der Waals surface area contributed by atoms with Gasteiger partial charge in [0.15, 0.2) is 0 Å². The number of piperidine rings is 1. The molecule has 0 bridgehead atoms. The van der Waals surface area contributed by atoms with E-state index in [0.29, 0.717) is 23.8 Å². The minimum atomic E-state index is -0.145. The van der Waals surface area contributed by atoms with Gasteiger partial charge >= 0.3 is 0 Å². The van der Waals surface area contributed by atoms with Crippen molar-refractivity contribution in [3.63, 3.8) is 0 Å². The highest BCUT2D eigenvalue weighted by atomic mass is 35.5. The number of carbonyl (C=O) groups is 2. The molecular weight excluding hydrogens is 290 g/mol. The zero-order valence-corrected chi connectivity index (χ0v) is 13.1. The molecule has 0 saturated carbocycles. The number of carbonyl (C=O) groups excluding carboxylic acids is 2. The first-order valence-electron chi connectivity index (χ1n) is 7.18. The number of rotatable bonds is 3. The molecule has 1 aromatic rings. The molecule has 0 aromatic carbocycles. The summed E-state index contributed by atoms with van der Waals surface area (Å²) in [4.78, 5) is 29.7. The van der Waals surface area contributed by atoms with E-state index in [-0.39, 0.29) is 23.8 Å². The fraction of sp³-hybridized carbons (Fsp3) is 0.533. The Morgan fingerprint density at radius 3 is 2.62 bits per heavy atom. The first kappa shape index (κ1) is 15.8. The molecule has 2 amide bonds. The molecule has 21 heavy (non-hydrogen) atoms. The summed E-state index contributed by atoms with van der Waals surface area (Å²) in [7, 11) is 0. The van der Waals surface area contributed by atoms with E-state index in [1.807, 2.05) is 18.7 Å². The van der Waals surface area contributed by atoms with E-state index in [2.05, 4.69) is 10.3 Å². The van der Waals surface area contributed by atoms with Crippen molar-refractivity contribution in [2.24, 2.45) is 5.92 Å². The van der Waals surface area contributed by atoms with Crippen molar-refractivity contribution in [3.05, 3.63) is 29.0 Å². The monoisotopic (exact) mass is 309 g/mol. The van der Waals surface area contributed by atoms with Crippen LogP contribution in [0.1, 0.15) is 37.0 Å². The lowest BCUT2D eigenvalue weighted by atomic mass is 10.0. The van der Waals surface area contributed by atoms with Crippen LogP contribution in [0.2, 0.25) is 5.15 Å². The number of hydrogen-bond donors (Lipinski definition) is 1. The summed E-state index contributed by atoms with van der Waals surface area (Å²) in [5.74, 6) is 0.0590. The zero-order valence-electron chi connectivity index (χ0n) is 12.3. The number of halogens is 1. The number of hydrogen-bond acceptors (Lipinski definition) is 3. The second kappa shape index (κ2) is 6.89. The summed E-state index contributed by atoms with van der Waals surface area (Å²) in [6, 6.07) is 3.29. The van der Waals surface area contributed by atoms with Crippen molar-refractivity contribution >= 4 is 23.4 Å². The quantitative estimate of drug-likeness (QED) is 0.870. The molecule has 2 heterocycles. The van der Waals surface area contributed by atoms with Crippen LogP contribution in [-0.2, 0) is 4.79 Å². The number of pyridine rings is 1. The van der Waals surface area contributed by atoms with Gasteiger partial charge in [0.05, 0.1) is 0 Å². The fourth-order valence-corrected chi connectivity index (χ4v) is 2.60. The van der Waals surface area contributed by atoms with Crippen molar-refractivity contribution < 1.29 is 9.59 Å². The predicted octanol–water partition coefficient (Wildman–Crippen LogP) is 2.11. The van der Waals surface area contributed by atoms with Crippen molar-refractivity contribution in [2.45, 2.75) is 32.7 Å². The molecule has 1 saturated heterocycles. The summed E-state index contributed by atoms with van der Waals surface area (Å²) in [5, 5.41) is 3.29. The third-order valence-electron chi connectivity index (χ3n) is 3.62. The molecule has 0 aliphatic carbocycles. The van der Waals surface area contributed by atoms with E-state index in [4.69, 9.17) is 11.6 Å². The maximum Gasteiger partial charge on any atom is 0.251 e. The molecule has 114 valence electrons. The minimum absolute atomic E-state index is 0.0232. The van der Waals surface area contributed by atoms with E-state index in [9.17, 15) is 9.59 Å². The number of amides is 2. The van der Waals surface area contributed by atoms with Crippen LogP contribution in [0.4, 0.5) is 0 Å². The Kier molecular flexibility index (Phi) is 5.17. The smallest absolute Gasteiger partial charge is 0.251 e. The maximum absolute atomic E-state index is 12.1. The lowest BCUT2D eigenvalue weighted by Gasteiger charge is -2.33. The fourth-order valence-electron chi connectivity index (χ4n) is 2.42. The third kappa shape index (κ3) is 4.17. The normalized spacial score (nSPS) is 16.1. The summed E-state index contributed by atoms with van der Waals surface area (Å²) in [6.45, 7) is 5.20. The molecule has 1 fully saturated rings. The predicted molar refractivity (Wildman–Crippen MR) is 81.2 cm³/mol. The van der Waals surface area contributed by atoms with E-state index < -0.39 is 0 Å². The third-order valence-corrected chi connectivity index (χ3v) is 3.83. The molecule has 0 radical (unpaired) electrons. The van der Waals surface area contributed by atoms with Gasteiger partial charge in [-0.3, -0.25) is 9.59 Å².